The highest BCUT2D eigenvalue weighted by molar-refractivity contribution is 7.80. The number of nitrogens with one attached hydrogen (secondary N) is 2. The van der Waals surface area contributed by atoms with Gasteiger partial charge in [0.15, 0.2) is 5.11 Å². The molecule has 1 heterocycles. The van der Waals surface area contributed by atoms with Crippen LogP contribution in [0.25, 0.3) is 6.08 Å². The van der Waals surface area contributed by atoms with Crippen molar-refractivity contribution in [1.29, 1.82) is 0 Å². The van der Waals surface area contributed by atoms with Crippen molar-refractivity contribution in [3.8, 4) is 0 Å². The van der Waals surface area contributed by atoms with Gasteiger partial charge < -0.3 is 11.1 Å². The molecule has 0 radical (unpaired) electrons. The Morgan fingerprint density at radius 3 is 2.59 bits per heavy atom. The molecule has 5 nitrogen and oxygen atoms in total. The summed E-state index contributed by atoms with van der Waals surface area (Å²) in [5.41, 5.74) is 9.18. The van der Waals surface area contributed by atoms with Crippen LogP contribution in [0.3, 0.4) is 0 Å². The van der Waals surface area contributed by atoms with Crippen LogP contribution in [0.4, 0.5) is 5.00 Å². The lowest BCUT2D eigenvalue weighted by Crippen LogP contribution is -2.33. The lowest BCUT2D eigenvalue weighted by atomic mass is 9.95. The average molecular weight is 400 g/mol. The Hall–Kier alpha value is -2.51. The molecule has 27 heavy (non-hydrogen) atoms. The Balaban J connectivity index is 1.65. The summed E-state index contributed by atoms with van der Waals surface area (Å²) in [6, 6.07) is 7.83. The molecule has 3 rings (SSSR count). The monoisotopic (exact) mass is 399 g/mol. The number of carbonyl (C=O) groups is 2. The summed E-state index contributed by atoms with van der Waals surface area (Å²) in [7, 11) is 0. The van der Waals surface area contributed by atoms with Gasteiger partial charge in [0.2, 0.25) is 5.91 Å². The maximum atomic E-state index is 12.1. The summed E-state index contributed by atoms with van der Waals surface area (Å²) in [5.74, 6) is -0.805. The maximum absolute atomic E-state index is 12.1. The summed E-state index contributed by atoms with van der Waals surface area (Å²) in [6.45, 7) is 2.01. The number of hydrogen-bond donors (Lipinski definition) is 3. The summed E-state index contributed by atoms with van der Waals surface area (Å²) < 4.78 is 0. The second-order valence-electron chi connectivity index (χ2n) is 6.47. The summed E-state index contributed by atoms with van der Waals surface area (Å²) in [5, 5.41) is 6.34. The largest absolute Gasteiger partial charge is 0.365 e. The third kappa shape index (κ3) is 4.81. The number of primary amides is 1. The number of carbonyl (C=O) groups excluding carboxylic acids is 2. The second-order valence-corrected chi connectivity index (χ2v) is 7.98. The van der Waals surface area contributed by atoms with Crippen LogP contribution in [0.1, 0.15) is 44.8 Å². The Labute approximate surface area is 167 Å². The molecule has 7 heteroatoms. The molecule has 2 aromatic rings. The number of thiophene rings is 1. The lowest BCUT2D eigenvalue weighted by Gasteiger charge is -2.11. The quantitative estimate of drug-likeness (QED) is 0.542. The van der Waals surface area contributed by atoms with E-state index in [-0.39, 0.29) is 11.0 Å². The predicted octanol–water partition coefficient (Wildman–Crippen LogP) is 3.56. The molecule has 0 fully saturated rings. The minimum absolute atomic E-state index is 0.148. The van der Waals surface area contributed by atoms with E-state index in [1.807, 2.05) is 31.2 Å². The number of fused-ring (bicyclic) bond motifs is 1. The molecular weight excluding hydrogens is 378 g/mol. The minimum Gasteiger partial charge on any atom is -0.365 e. The number of hydrogen-bond acceptors (Lipinski definition) is 4. The van der Waals surface area contributed by atoms with Gasteiger partial charge in [0.1, 0.15) is 5.00 Å². The van der Waals surface area contributed by atoms with Crippen LogP contribution in [-0.2, 0) is 17.6 Å². The lowest BCUT2D eigenvalue weighted by molar-refractivity contribution is -0.115. The maximum Gasteiger partial charge on any atom is 0.251 e. The van der Waals surface area contributed by atoms with Gasteiger partial charge >= 0.3 is 0 Å². The van der Waals surface area contributed by atoms with Gasteiger partial charge in [-0.05, 0) is 62.0 Å². The second kappa shape index (κ2) is 8.45. The number of anilines is 1. The molecule has 0 aliphatic heterocycles. The molecule has 0 saturated carbocycles. The number of amides is 2. The molecule has 0 saturated heterocycles. The minimum atomic E-state index is -0.467. The Morgan fingerprint density at radius 1 is 1.19 bits per heavy atom. The first-order valence-corrected chi connectivity index (χ1v) is 9.97. The highest BCUT2D eigenvalue weighted by Crippen LogP contribution is 2.37. The van der Waals surface area contributed by atoms with Crippen molar-refractivity contribution in [2.24, 2.45) is 5.73 Å². The summed E-state index contributed by atoms with van der Waals surface area (Å²) in [4.78, 5) is 25.1. The Bertz CT molecular complexity index is 914. The van der Waals surface area contributed by atoms with E-state index in [4.69, 9.17) is 18.0 Å². The molecule has 1 aromatic heterocycles. The van der Waals surface area contributed by atoms with Crippen molar-refractivity contribution in [1.82, 2.24) is 5.32 Å². The first-order chi connectivity index (χ1) is 12.9. The smallest absolute Gasteiger partial charge is 0.251 e. The highest BCUT2D eigenvalue weighted by Gasteiger charge is 2.24. The first-order valence-electron chi connectivity index (χ1n) is 8.75. The molecule has 140 valence electrons. The van der Waals surface area contributed by atoms with Gasteiger partial charge in [-0.3, -0.25) is 14.9 Å². The van der Waals surface area contributed by atoms with Crippen LogP contribution in [0.15, 0.2) is 30.3 Å². The third-order valence-electron chi connectivity index (χ3n) is 4.39. The SMILES string of the molecule is Cc1ccc(C=CC(=O)NC(=S)Nc2sc3c(c2C(N)=O)CCCC3)cc1. The Morgan fingerprint density at radius 2 is 1.89 bits per heavy atom. The van der Waals surface area contributed by atoms with Gasteiger partial charge in [0.25, 0.3) is 5.91 Å². The molecule has 0 unspecified atom stereocenters. The van der Waals surface area contributed by atoms with E-state index in [0.717, 1.165) is 42.4 Å². The van der Waals surface area contributed by atoms with E-state index >= 15 is 0 Å². The van der Waals surface area contributed by atoms with Gasteiger partial charge in [-0.25, -0.2) is 0 Å². The Kier molecular flexibility index (Phi) is 6.03. The standard InChI is InChI=1S/C20H21N3O2S2/c1-12-6-8-13(9-7-12)10-11-16(24)22-20(26)23-19-17(18(21)25)14-4-2-3-5-15(14)27-19/h6-11H,2-5H2,1H3,(H2,21,25)(H2,22,23,24,26). The zero-order valence-electron chi connectivity index (χ0n) is 15.0. The van der Waals surface area contributed by atoms with Crippen LogP contribution >= 0.6 is 23.6 Å². The van der Waals surface area contributed by atoms with Crippen LogP contribution in [0.2, 0.25) is 0 Å². The van der Waals surface area contributed by atoms with E-state index in [9.17, 15) is 9.59 Å². The van der Waals surface area contributed by atoms with Crippen molar-refractivity contribution < 1.29 is 9.59 Å². The summed E-state index contributed by atoms with van der Waals surface area (Å²) >= 11 is 6.71. The molecule has 1 aliphatic carbocycles. The fourth-order valence-electron chi connectivity index (χ4n) is 3.05. The molecule has 1 aliphatic rings. The molecule has 4 N–H and O–H groups in total. The molecule has 2 amide bonds. The average Bonchev–Trinajstić information content (AvgIpc) is 2.99. The molecular formula is C20H21N3O2S2. The normalized spacial score (nSPS) is 13.2. The topological polar surface area (TPSA) is 84.2 Å². The van der Waals surface area contributed by atoms with Crippen molar-refractivity contribution in [3.63, 3.8) is 0 Å². The zero-order valence-corrected chi connectivity index (χ0v) is 16.6. The number of rotatable bonds is 4. The van der Waals surface area contributed by atoms with E-state index in [1.165, 1.54) is 22.3 Å². The molecule has 0 atom stereocenters. The molecule has 1 aromatic carbocycles. The number of nitrogens with two attached hydrogens (primary N) is 1. The number of aryl methyl sites for hydroxylation is 2. The summed E-state index contributed by atoms with van der Waals surface area (Å²) in [6.07, 6.45) is 7.10. The van der Waals surface area contributed by atoms with Crippen LogP contribution in [0, 0.1) is 6.92 Å². The van der Waals surface area contributed by atoms with E-state index < -0.39 is 5.91 Å². The van der Waals surface area contributed by atoms with E-state index in [2.05, 4.69) is 10.6 Å². The molecule has 0 spiro atoms. The number of benzene rings is 1. The highest BCUT2D eigenvalue weighted by atomic mass is 32.1. The third-order valence-corrected chi connectivity index (χ3v) is 5.80. The van der Waals surface area contributed by atoms with Crippen LogP contribution in [-0.4, -0.2) is 16.9 Å². The van der Waals surface area contributed by atoms with Gasteiger partial charge in [-0.2, -0.15) is 0 Å². The number of thiocarbonyl (C=S) groups is 1. The van der Waals surface area contributed by atoms with Crippen molar-refractivity contribution in [2.75, 3.05) is 5.32 Å². The first kappa shape index (κ1) is 19.3. The van der Waals surface area contributed by atoms with Crippen LogP contribution < -0.4 is 16.4 Å². The van der Waals surface area contributed by atoms with Crippen molar-refractivity contribution >= 4 is 51.6 Å². The van der Waals surface area contributed by atoms with Gasteiger partial charge in [-0.1, -0.05) is 29.8 Å². The fraction of sp³-hybridized carbons (Fsp3) is 0.250. The fourth-order valence-corrected chi connectivity index (χ4v) is 4.62. The molecule has 0 bridgehead atoms. The van der Waals surface area contributed by atoms with E-state index in [1.54, 1.807) is 6.08 Å². The van der Waals surface area contributed by atoms with E-state index in [0.29, 0.717) is 10.6 Å². The predicted molar refractivity (Wildman–Crippen MR) is 114 cm³/mol. The van der Waals surface area contributed by atoms with Gasteiger partial charge in [-0.15, -0.1) is 11.3 Å². The van der Waals surface area contributed by atoms with Crippen molar-refractivity contribution in [3.05, 3.63) is 57.5 Å². The zero-order chi connectivity index (χ0) is 19.4. The van der Waals surface area contributed by atoms with Gasteiger partial charge in [0.05, 0.1) is 5.56 Å². The van der Waals surface area contributed by atoms with Crippen molar-refractivity contribution in [2.45, 2.75) is 32.6 Å². The van der Waals surface area contributed by atoms with Gasteiger partial charge in [0, 0.05) is 11.0 Å². The van der Waals surface area contributed by atoms with Crippen LogP contribution in [0.5, 0.6) is 0 Å².